The molecule has 0 amide bonds. The topological polar surface area (TPSA) is 0 Å². The van der Waals surface area contributed by atoms with Crippen molar-refractivity contribution in [1.82, 2.24) is 0 Å². The highest BCUT2D eigenvalue weighted by molar-refractivity contribution is 7.30. The van der Waals surface area contributed by atoms with E-state index in [0.717, 1.165) is 0 Å². The van der Waals surface area contributed by atoms with Gasteiger partial charge in [-0.2, -0.15) is 0 Å². The normalized spacial score (nSPS) is 13.4. The highest BCUT2D eigenvalue weighted by atomic mass is 32.1. The Morgan fingerprint density at radius 1 is 0.339 bits per heavy atom. The average Bonchev–Trinajstić information content (AvgIpc) is 3.93. The fourth-order valence-electron chi connectivity index (χ4n) is 10.8. The van der Waals surface area contributed by atoms with E-state index in [1.165, 1.54) is 128 Å². The zero-order chi connectivity index (χ0) is 39.0. The van der Waals surface area contributed by atoms with Gasteiger partial charge in [0.15, 0.2) is 0 Å². The van der Waals surface area contributed by atoms with Crippen molar-refractivity contribution in [2.24, 2.45) is 0 Å². The standard InChI is InChI=1S/C57H36S2/c1-57(2)47-29-27-34(52-40-22-10-8-20-38(40)51(33-15-4-3-5-16-33)39-21-9-11-23-41(39)52)31-46(47)43-25-14-24-42(55(43)57)45-32-50-53(37-19-7-6-17-35(37)45)54-49(58-50)30-28-44-36-18-12-13-26-48(36)59-56(44)54/h3-32H,1-2H3. The molecule has 1 aliphatic carbocycles. The van der Waals surface area contributed by atoms with Crippen LogP contribution in [0.15, 0.2) is 182 Å². The molecule has 2 heterocycles. The minimum Gasteiger partial charge on any atom is -0.135 e. The van der Waals surface area contributed by atoms with E-state index >= 15 is 0 Å². The molecule has 0 bridgehead atoms. The molecule has 2 heteroatoms. The smallest absolute Gasteiger partial charge is 0.0448 e. The molecule has 1 aliphatic rings. The largest absolute Gasteiger partial charge is 0.135 e. The molecule has 2 aromatic heterocycles. The lowest BCUT2D eigenvalue weighted by Crippen LogP contribution is -2.16. The predicted molar refractivity (Wildman–Crippen MR) is 259 cm³/mol. The van der Waals surface area contributed by atoms with Crippen molar-refractivity contribution in [1.29, 1.82) is 0 Å². The van der Waals surface area contributed by atoms with Gasteiger partial charge < -0.3 is 0 Å². The summed E-state index contributed by atoms with van der Waals surface area (Å²) in [5.74, 6) is 0. The molecule has 59 heavy (non-hydrogen) atoms. The molecular formula is C57H36S2. The van der Waals surface area contributed by atoms with Crippen LogP contribution < -0.4 is 0 Å². The van der Waals surface area contributed by atoms with Crippen LogP contribution in [-0.2, 0) is 5.41 Å². The Labute approximate surface area is 350 Å². The van der Waals surface area contributed by atoms with Crippen molar-refractivity contribution in [3.05, 3.63) is 193 Å². The number of benzene rings is 10. The van der Waals surface area contributed by atoms with Crippen LogP contribution in [0.5, 0.6) is 0 Å². The maximum atomic E-state index is 2.51. The summed E-state index contributed by atoms with van der Waals surface area (Å²) in [5.41, 5.74) is 13.0. The lowest BCUT2D eigenvalue weighted by atomic mass is 9.78. The number of fused-ring (bicyclic) bond motifs is 14. The van der Waals surface area contributed by atoms with E-state index in [4.69, 9.17) is 0 Å². The Morgan fingerprint density at radius 2 is 0.932 bits per heavy atom. The summed E-state index contributed by atoms with van der Waals surface area (Å²) in [6.07, 6.45) is 0. The monoisotopic (exact) mass is 784 g/mol. The molecule has 0 saturated carbocycles. The number of thiophene rings is 2. The molecule has 0 N–H and O–H groups in total. The van der Waals surface area contributed by atoms with Crippen molar-refractivity contribution in [2.45, 2.75) is 19.3 Å². The van der Waals surface area contributed by atoms with Crippen molar-refractivity contribution >= 4 is 95.3 Å². The van der Waals surface area contributed by atoms with Crippen molar-refractivity contribution in [3.63, 3.8) is 0 Å². The lowest BCUT2D eigenvalue weighted by Gasteiger charge is -2.25. The molecule has 12 aromatic rings. The van der Waals surface area contributed by atoms with Crippen molar-refractivity contribution in [3.8, 4) is 44.5 Å². The van der Waals surface area contributed by atoms with E-state index < -0.39 is 0 Å². The van der Waals surface area contributed by atoms with E-state index in [9.17, 15) is 0 Å². The van der Waals surface area contributed by atoms with E-state index in [0.29, 0.717) is 0 Å². The third-order valence-corrected chi connectivity index (χ3v) is 15.5. The SMILES string of the molecule is CC1(C)c2ccc(-c3c4ccccc4c(-c4ccccc4)c4ccccc34)cc2-c2cccc(-c3cc4sc5ccc6c7ccccc7sc6c5c4c4ccccc34)c21. The second kappa shape index (κ2) is 12.2. The Morgan fingerprint density at radius 3 is 1.64 bits per heavy atom. The molecule has 0 aliphatic heterocycles. The van der Waals surface area contributed by atoms with E-state index in [1.54, 1.807) is 0 Å². The highest BCUT2D eigenvalue weighted by Crippen LogP contribution is 2.56. The summed E-state index contributed by atoms with van der Waals surface area (Å²) < 4.78 is 5.46. The number of hydrogen-bond acceptors (Lipinski definition) is 2. The second-order valence-electron chi connectivity index (χ2n) is 16.7. The maximum absolute atomic E-state index is 2.51. The summed E-state index contributed by atoms with van der Waals surface area (Å²) in [6.45, 7) is 4.86. The molecule has 276 valence electrons. The Kier molecular flexibility index (Phi) is 6.92. The summed E-state index contributed by atoms with van der Waals surface area (Å²) >= 11 is 3.87. The first-order chi connectivity index (χ1) is 29.0. The van der Waals surface area contributed by atoms with Crippen LogP contribution in [-0.4, -0.2) is 0 Å². The average molecular weight is 785 g/mol. The van der Waals surface area contributed by atoms with Gasteiger partial charge in [0.1, 0.15) is 0 Å². The zero-order valence-corrected chi connectivity index (χ0v) is 34.3. The van der Waals surface area contributed by atoms with Crippen LogP contribution in [0.25, 0.3) is 117 Å². The molecule has 13 rings (SSSR count). The fraction of sp³-hybridized carbons (Fsp3) is 0.0526. The second-order valence-corrected chi connectivity index (χ2v) is 18.8. The van der Waals surface area contributed by atoms with Crippen LogP contribution in [0.4, 0.5) is 0 Å². The van der Waals surface area contributed by atoms with E-state index in [1.807, 2.05) is 22.7 Å². The van der Waals surface area contributed by atoms with E-state index in [-0.39, 0.29) is 5.41 Å². The first-order valence-corrected chi connectivity index (χ1v) is 22.1. The van der Waals surface area contributed by atoms with Gasteiger partial charge in [-0.1, -0.05) is 172 Å². The minimum absolute atomic E-state index is 0.194. The van der Waals surface area contributed by atoms with Gasteiger partial charge >= 0.3 is 0 Å². The van der Waals surface area contributed by atoms with Gasteiger partial charge in [-0.3, -0.25) is 0 Å². The minimum atomic E-state index is -0.194. The van der Waals surface area contributed by atoms with Gasteiger partial charge in [0.05, 0.1) is 0 Å². The molecule has 0 fully saturated rings. The van der Waals surface area contributed by atoms with Crippen molar-refractivity contribution in [2.75, 3.05) is 0 Å². The van der Waals surface area contributed by atoms with Gasteiger partial charge in [-0.25, -0.2) is 0 Å². The van der Waals surface area contributed by atoms with Crippen LogP contribution in [0.1, 0.15) is 25.0 Å². The molecule has 0 saturated heterocycles. The molecule has 0 radical (unpaired) electrons. The van der Waals surface area contributed by atoms with Crippen LogP contribution >= 0.6 is 22.7 Å². The summed E-state index contributed by atoms with van der Waals surface area (Å²) in [4.78, 5) is 0. The molecule has 0 atom stereocenters. The van der Waals surface area contributed by atoms with Crippen LogP contribution in [0, 0.1) is 0 Å². The number of rotatable bonds is 3. The van der Waals surface area contributed by atoms with Crippen molar-refractivity contribution < 1.29 is 0 Å². The van der Waals surface area contributed by atoms with Gasteiger partial charge in [-0.05, 0) is 112 Å². The maximum Gasteiger partial charge on any atom is 0.0448 e. The van der Waals surface area contributed by atoms with Crippen LogP contribution in [0.3, 0.4) is 0 Å². The lowest BCUT2D eigenvalue weighted by molar-refractivity contribution is 0.662. The molecular weight excluding hydrogens is 749 g/mol. The quantitative estimate of drug-likeness (QED) is 0.157. The Bertz CT molecular complexity index is 3690. The van der Waals surface area contributed by atoms with Crippen LogP contribution in [0.2, 0.25) is 0 Å². The first kappa shape index (κ1) is 33.4. The molecule has 0 spiro atoms. The van der Waals surface area contributed by atoms with E-state index in [2.05, 4.69) is 196 Å². The Hall–Kier alpha value is -6.58. The molecule has 10 aromatic carbocycles. The fourth-order valence-corrected chi connectivity index (χ4v) is 13.2. The third-order valence-electron chi connectivity index (χ3n) is 13.2. The summed E-state index contributed by atoms with van der Waals surface area (Å²) in [7, 11) is 0. The summed E-state index contributed by atoms with van der Waals surface area (Å²) in [5, 5.41) is 13.3. The third kappa shape index (κ3) is 4.59. The molecule has 0 unspecified atom stereocenters. The van der Waals surface area contributed by atoms with Gasteiger partial charge in [-0.15, -0.1) is 22.7 Å². The predicted octanol–water partition coefficient (Wildman–Crippen LogP) is 17.2. The van der Waals surface area contributed by atoms with Gasteiger partial charge in [0.2, 0.25) is 0 Å². The van der Waals surface area contributed by atoms with Gasteiger partial charge in [0.25, 0.3) is 0 Å². The number of hydrogen-bond donors (Lipinski definition) is 0. The zero-order valence-electron chi connectivity index (χ0n) is 32.6. The summed E-state index contributed by atoms with van der Waals surface area (Å²) in [6, 6.07) is 68.4. The van der Waals surface area contributed by atoms with Gasteiger partial charge in [0, 0.05) is 45.8 Å². The highest BCUT2D eigenvalue weighted by Gasteiger charge is 2.38. The Balaban J connectivity index is 1.04. The molecule has 0 nitrogen and oxygen atoms in total. The first-order valence-electron chi connectivity index (χ1n) is 20.5.